The second-order valence-corrected chi connectivity index (χ2v) is 4.32. The molecule has 1 aromatic rings. The molecule has 2 heteroatoms. The van der Waals surface area contributed by atoms with Crippen LogP contribution < -0.4 is 5.73 Å². The van der Waals surface area contributed by atoms with E-state index in [1.165, 1.54) is 0 Å². The fourth-order valence-corrected chi connectivity index (χ4v) is 2.00. The molecule has 0 atom stereocenters. The van der Waals surface area contributed by atoms with Crippen molar-refractivity contribution in [2.75, 3.05) is 5.73 Å². The molecule has 0 saturated carbocycles. The third-order valence-electron chi connectivity index (χ3n) is 1.67. The number of hydrogen-bond acceptors (Lipinski definition) is 2. The number of nitrogen functional groups attached to an aromatic ring is 1. The van der Waals surface area contributed by atoms with E-state index in [0.717, 1.165) is 22.6 Å². The molecule has 0 aliphatic carbocycles. The molecule has 0 saturated heterocycles. The van der Waals surface area contributed by atoms with E-state index in [9.17, 15) is 0 Å². The highest BCUT2D eigenvalue weighted by atomic mass is 32.1. The van der Waals surface area contributed by atoms with E-state index in [1.807, 2.05) is 11.4 Å². The van der Waals surface area contributed by atoms with Gasteiger partial charge in [0.15, 0.2) is 0 Å². The second kappa shape index (κ2) is 3.76. The molecule has 1 rings (SSSR count). The van der Waals surface area contributed by atoms with Crippen LogP contribution in [0.4, 0.5) is 5.69 Å². The predicted octanol–water partition coefficient (Wildman–Crippen LogP) is 3.39. The first-order valence-electron chi connectivity index (χ1n) is 4.12. The quantitative estimate of drug-likeness (QED) is 0.760. The average Bonchev–Trinajstić information content (AvgIpc) is 2.33. The van der Waals surface area contributed by atoms with Gasteiger partial charge in [0.25, 0.3) is 0 Å². The largest absolute Gasteiger partial charge is 0.398 e. The Morgan fingerprint density at radius 3 is 2.75 bits per heavy atom. The number of anilines is 1. The third-order valence-corrected chi connectivity index (χ3v) is 2.70. The first kappa shape index (κ1) is 9.33. The van der Waals surface area contributed by atoms with Gasteiger partial charge >= 0.3 is 0 Å². The summed E-state index contributed by atoms with van der Waals surface area (Å²) in [5.41, 5.74) is 7.80. The van der Waals surface area contributed by atoms with Crippen LogP contribution in [0.3, 0.4) is 0 Å². The molecule has 0 unspecified atom stereocenters. The summed E-state index contributed by atoms with van der Waals surface area (Å²) in [4.78, 5) is 1.16. The number of thiophene rings is 1. The van der Waals surface area contributed by atoms with E-state index in [4.69, 9.17) is 5.73 Å². The van der Waals surface area contributed by atoms with Gasteiger partial charge in [0.05, 0.1) is 4.88 Å². The Bertz CT molecular complexity index is 273. The molecule has 12 heavy (non-hydrogen) atoms. The van der Waals surface area contributed by atoms with Gasteiger partial charge in [-0.3, -0.25) is 0 Å². The van der Waals surface area contributed by atoms with Crippen LogP contribution in [0.1, 0.15) is 25.1 Å². The van der Waals surface area contributed by atoms with Gasteiger partial charge in [-0.25, -0.2) is 0 Å². The van der Waals surface area contributed by atoms with E-state index in [2.05, 4.69) is 20.4 Å². The fourth-order valence-electron chi connectivity index (χ4n) is 1.19. The van der Waals surface area contributed by atoms with Gasteiger partial charge < -0.3 is 5.73 Å². The zero-order valence-electron chi connectivity index (χ0n) is 7.63. The summed E-state index contributed by atoms with van der Waals surface area (Å²) in [6.07, 6.45) is 1.03. The average molecular weight is 181 g/mol. The second-order valence-electron chi connectivity index (χ2n) is 3.41. The number of nitrogens with two attached hydrogens (primary N) is 1. The van der Waals surface area contributed by atoms with Gasteiger partial charge in [0.2, 0.25) is 0 Å². The Balaban J connectivity index is 2.72. The van der Waals surface area contributed by atoms with Crippen LogP contribution in [0.5, 0.6) is 0 Å². The molecule has 1 aromatic heterocycles. The molecule has 0 aliphatic rings. The molecule has 0 spiro atoms. The van der Waals surface area contributed by atoms with Crippen LogP contribution in [-0.4, -0.2) is 0 Å². The predicted molar refractivity (Wildman–Crippen MR) is 57.2 cm³/mol. The van der Waals surface area contributed by atoms with Crippen molar-refractivity contribution in [3.8, 4) is 0 Å². The van der Waals surface area contributed by atoms with Crippen LogP contribution in [0.15, 0.2) is 18.0 Å². The van der Waals surface area contributed by atoms with E-state index in [0.29, 0.717) is 5.92 Å². The van der Waals surface area contributed by atoms with Crippen LogP contribution in [0, 0.1) is 5.92 Å². The molecule has 0 fully saturated rings. The van der Waals surface area contributed by atoms with E-state index in [1.54, 1.807) is 11.3 Å². The van der Waals surface area contributed by atoms with Crippen molar-refractivity contribution in [1.29, 1.82) is 0 Å². The van der Waals surface area contributed by atoms with Crippen molar-refractivity contribution in [3.63, 3.8) is 0 Å². The molecular weight excluding hydrogens is 166 g/mol. The van der Waals surface area contributed by atoms with Crippen molar-refractivity contribution < 1.29 is 0 Å². The zero-order chi connectivity index (χ0) is 9.14. The maximum Gasteiger partial charge on any atom is 0.0526 e. The van der Waals surface area contributed by atoms with Crippen LogP contribution in [0.2, 0.25) is 0 Å². The van der Waals surface area contributed by atoms with Gasteiger partial charge in [0.1, 0.15) is 0 Å². The van der Waals surface area contributed by atoms with Gasteiger partial charge in [0, 0.05) is 5.69 Å². The first-order chi connectivity index (χ1) is 5.61. The topological polar surface area (TPSA) is 26.0 Å². The van der Waals surface area contributed by atoms with Crippen LogP contribution in [-0.2, 0) is 0 Å². The molecule has 0 aromatic carbocycles. The first-order valence-corrected chi connectivity index (χ1v) is 5.00. The lowest BCUT2D eigenvalue weighted by atomic mass is 10.0. The lowest BCUT2D eigenvalue weighted by molar-refractivity contribution is 0.675. The standard InChI is InChI=1S/C10H15NS/c1-7(2)6-8(3)10-9(11)4-5-12-10/h4-5,7H,3,6,11H2,1-2H3. The molecule has 1 heterocycles. The molecule has 0 bridgehead atoms. The van der Waals surface area contributed by atoms with Crippen LogP contribution >= 0.6 is 11.3 Å². The minimum atomic E-state index is 0.652. The fraction of sp³-hybridized carbons (Fsp3) is 0.400. The Morgan fingerprint density at radius 1 is 1.67 bits per heavy atom. The summed E-state index contributed by atoms with van der Waals surface area (Å²) in [6, 6.07) is 1.94. The summed E-state index contributed by atoms with van der Waals surface area (Å²) in [7, 11) is 0. The Morgan fingerprint density at radius 2 is 2.33 bits per heavy atom. The molecule has 0 amide bonds. The summed E-state index contributed by atoms with van der Waals surface area (Å²) < 4.78 is 0. The van der Waals surface area contributed by atoms with E-state index >= 15 is 0 Å². The molecule has 0 radical (unpaired) electrons. The highest BCUT2D eigenvalue weighted by molar-refractivity contribution is 7.11. The zero-order valence-corrected chi connectivity index (χ0v) is 8.45. The molecule has 0 aliphatic heterocycles. The monoisotopic (exact) mass is 181 g/mol. The number of rotatable bonds is 3. The summed E-state index contributed by atoms with van der Waals surface area (Å²) >= 11 is 1.68. The van der Waals surface area contributed by atoms with Gasteiger partial charge in [-0.2, -0.15) is 0 Å². The molecule has 66 valence electrons. The molecule has 2 N–H and O–H groups in total. The smallest absolute Gasteiger partial charge is 0.0526 e. The Labute approximate surface area is 77.9 Å². The lowest BCUT2D eigenvalue weighted by Crippen LogP contribution is -1.91. The van der Waals surface area contributed by atoms with Crippen molar-refractivity contribution in [2.24, 2.45) is 5.92 Å². The SMILES string of the molecule is C=C(CC(C)C)c1sccc1N. The van der Waals surface area contributed by atoms with Crippen molar-refractivity contribution in [3.05, 3.63) is 22.9 Å². The van der Waals surface area contributed by atoms with Crippen molar-refractivity contribution in [1.82, 2.24) is 0 Å². The number of hydrogen-bond donors (Lipinski definition) is 1. The normalized spacial score (nSPS) is 10.6. The Hall–Kier alpha value is -0.760. The van der Waals surface area contributed by atoms with E-state index < -0.39 is 0 Å². The summed E-state index contributed by atoms with van der Waals surface area (Å²) in [5, 5.41) is 2.01. The maximum atomic E-state index is 5.77. The maximum absolute atomic E-state index is 5.77. The minimum absolute atomic E-state index is 0.652. The Kier molecular flexibility index (Phi) is 2.93. The van der Waals surface area contributed by atoms with E-state index in [-0.39, 0.29) is 0 Å². The van der Waals surface area contributed by atoms with Gasteiger partial charge in [-0.15, -0.1) is 11.3 Å². The minimum Gasteiger partial charge on any atom is -0.398 e. The highest BCUT2D eigenvalue weighted by Crippen LogP contribution is 2.30. The van der Waals surface area contributed by atoms with Crippen LogP contribution in [0.25, 0.3) is 5.57 Å². The van der Waals surface area contributed by atoms with Gasteiger partial charge in [-0.1, -0.05) is 20.4 Å². The molecule has 1 nitrogen and oxygen atoms in total. The lowest BCUT2D eigenvalue weighted by Gasteiger charge is -2.06. The third kappa shape index (κ3) is 2.11. The summed E-state index contributed by atoms with van der Waals surface area (Å²) in [5.74, 6) is 0.652. The van der Waals surface area contributed by atoms with Crippen molar-refractivity contribution >= 4 is 22.6 Å². The van der Waals surface area contributed by atoms with Gasteiger partial charge in [-0.05, 0) is 29.4 Å². The summed E-state index contributed by atoms with van der Waals surface area (Å²) in [6.45, 7) is 8.41. The van der Waals surface area contributed by atoms with Crippen molar-refractivity contribution in [2.45, 2.75) is 20.3 Å². The highest BCUT2D eigenvalue weighted by Gasteiger charge is 2.06. The number of allylic oxidation sites excluding steroid dienone is 1. The molecular formula is C10H15NS.